The van der Waals surface area contributed by atoms with E-state index in [9.17, 15) is 0 Å². The molecule has 2 nitrogen and oxygen atoms in total. The Morgan fingerprint density at radius 1 is 1.31 bits per heavy atom. The zero-order valence-electron chi connectivity index (χ0n) is 7.24. The van der Waals surface area contributed by atoms with Gasteiger partial charge in [0.15, 0.2) is 0 Å². The van der Waals surface area contributed by atoms with Gasteiger partial charge in [0.1, 0.15) is 0 Å². The smallest absolute Gasteiger partial charge is 0.0991 e. The monoisotopic (exact) mass is 236 g/mol. The molecule has 0 aliphatic carbocycles. The number of benzene rings is 1. The molecule has 0 spiro atoms. The quantitative estimate of drug-likeness (QED) is 0.745. The number of hydrogen-bond donors (Lipinski definition) is 0. The van der Waals surface area contributed by atoms with E-state index in [2.05, 4.69) is 46.0 Å². The number of imidazole rings is 1. The molecule has 0 N–H and O–H groups in total. The normalized spacial score (nSPS) is 10.3. The predicted molar refractivity (Wildman–Crippen MR) is 56.0 cm³/mol. The van der Waals surface area contributed by atoms with E-state index in [0.717, 1.165) is 10.2 Å². The molecule has 0 atom stereocenters. The summed E-state index contributed by atoms with van der Waals surface area (Å²) in [5, 5.41) is 0. The topological polar surface area (TPSA) is 17.8 Å². The van der Waals surface area contributed by atoms with Crippen molar-refractivity contribution in [2.24, 2.45) is 0 Å². The molecule has 1 aromatic carbocycles. The molecule has 0 saturated heterocycles. The Morgan fingerprint density at radius 2 is 2.15 bits per heavy atom. The summed E-state index contributed by atoms with van der Waals surface area (Å²) in [7, 11) is 0. The minimum atomic E-state index is 1.09. The Labute approximate surface area is 85.4 Å². The van der Waals surface area contributed by atoms with Crippen molar-refractivity contribution in [2.45, 2.75) is 6.92 Å². The van der Waals surface area contributed by atoms with Gasteiger partial charge in [-0.05, 0) is 30.7 Å². The van der Waals surface area contributed by atoms with E-state index < -0.39 is 0 Å². The average molecular weight is 237 g/mol. The molecule has 2 aromatic rings. The lowest BCUT2D eigenvalue weighted by molar-refractivity contribution is 1.05. The van der Waals surface area contributed by atoms with Gasteiger partial charge in [-0.25, -0.2) is 4.98 Å². The fourth-order valence-corrected chi connectivity index (χ4v) is 1.87. The maximum absolute atomic E-state index is 4.01. The average Bonchev–Trinajstić information content (AvgIpc) is 2.53. The van der Waals surface area contributed by atoms with Crippen LogP contribution in [0.3, 0.4) is 0 Å². The maximum atomic E-state index is 4.01. The van der Waals surface area contributed by atoms with Crippen LogP contribution < -0.4 is 0 Å². The first-order valence-corrected chi connectivity index (χ1v) is 4.80. The second-order valence-electron chi connectivity index (χ2n) is 2.96. The van der Waals surface area contributed by atoms with Crippen LogP contribution in [0.15, 0.2) is 41.4 Å². The molecule has 0 aliphatic heterocycles. The number of halogens is 1. The highest BCUT2D eigenvalue weighted by Gasteiger charge is 1.97. The van der Waals surface area contributed by atoms with Gasteiger partial charge in [-0.3, -0.25) is 0 Å². The number of nitrogens with zero attached hydrogens (tertiary/aromatic N) is 2. The third-order valence-electron chi connectivity index (χ3n) is 1.83. The molecule has 2 rings (SSSR count). The zero-order chi connectivity index (χ0) is 9.26. The summed E-state index contributed by atoms with van der Waals surface area (Å²) >= 11 is 3.46. The van der Waals surface area contributed by atoms with Gasteiger partial charge in [0.25, 0.3) is 0 Å². The SMILES string of the molecule is Cc1cc(Br)cc(-n2ccnc2)c1. The van der Waals surface area contributed by atoms with Gasteiger partial charge in [-0.15, -0.1) is 0 Å². The Hall–Kier alpha value is -1.09. The van der Waals surface area contributed by atoms with Gasteiger partial charge in [0, 0.05) is 22.6 Å². The van der Waals surface area contributed by atoms with Crippen molar-refractivity contribution in [2.75, 3.05) is 0 Å². The number of hydrogen-bond acceptors (Lipinski definition) is 1. The van der Waals surface area contributed by atoms with Gasteiger partial charge in [0.05, 0.1) is 6.33 Å². The summed E-state index contributed by atoms with van der Waals surface area (Å²) in [6, 6.07) is 6.27. The lowest BCUT2D eigenvalue weighted by atomic mass is 10.2. The van der Waals surface area contributed by atoms with Crippen LogP contribution in [0.1, 0.15) is 5.56 Å². The largest absolute Gasteiger partial charge is 0.306 e. The fraction of sp³-hybridized carbons (Fsp3) is 0.100. The van der Waals surface area contributed by atoms with Crippen LogP contribution in [0.2, 0.25) is 0 Å². The second kappa shape index (κ2) is 3.34. The van der Waals surface area contributed by atoms with E-state index in [4.69, 9.17) is 0 Å². The van der Waals surface area contributed by atoms with Crippen molar-refractivity contribution in [3.8, 4) is 5.69 Å². The molecule has 0 bridgehead atoms. The number of aryl methyl sites for hydroxylation is 1. The van der Waals surface area contributed by atoms with Crippen LogP contribution >= 0.6 is 15.9 Å². The number of aromatic nitrogens is 2. The van der Waals surface area contributed by atoms with Crippen LogP contribution in [-0.4, -0.2) is 9.55 Å². The Morgan fingerprint density at radius 3 is 2.77 bits per heavy atom. The molecule has 0 radical (unpaired) electrons. The van der Waals surface area contributed by atoms with Crippen LogP contribution in [0, 0.1) is 6.92 Å². The first-order chi connectivity index (χ1) is 6.25. The van der Waals surface area contributed by atoms with E-state index >= 15 is 0 Å². The van der Waals surface area contributed by atoms with Gasteiger partial charge in [0.2, 0.25) is 0 Å². The summed E-state index contributed by atoms with van der Waals surface area (Å²) in [6.07, 6.45) is 5.50. The van der Waals surface area contributed by atoms with E-state index in [1.54, 1.807) is 12.5 Å². The van der Waals surface area contributed by atoms with E-state index in [-0.39, 0.29) is 0 Å². The molecule has 0 amide bonds. The van der Waals surface area contributed by atoms with Crippen LogP contribution in [-0.2, 0) is 0 Å². The summed E-state index contributed by atoms with van der Waals surface area (Å²) in [4.78, 5) is 4.01. The minimum absolute atomic E-state index is 1.09. The van der Waals surface area contributed by atoms with E-state index in [1.807, 2.05) is 10.8 Å². The van der Waals surface area contributed by atoms with E-state index in [0.29, 0.717) is 0 Å². The van der Waals surface area contributed by atoms with Gasteiger partial charge < -0.3 is 4.57 Å². The summed E-state index contributed by atoms with van der Waals surface area (Å²) in [5.41, 5.74) is 2.36. The zero-order valence-corrected chi connectivity index (χ0v) is 8.82. The third kappa shape index (κ3) is 1.80. The van der Waals surface area contributed by atoms with Crippen molar-refractivity contribution >= 4 is 15.9 Å². The maximum Gasteiger partial charge on any atom is 0.0991 e. The fourth-order valence-electron chi connectivity index (χ4n) is 1.28. The lowest BCUT2D eigenvalue weighted by Gasteiger charge is -2.03. The standard InChI is InChI=1S/C10H9BrN2/c1-8-4-9(11)6-10(5-8)13-3-2-12-7-13/h2-7H,1H3. The summed E-state index contributed by atoms with van der Waals surface area (Å²) in [5.74, 6) is 0. The molecule has 1 aromatic heterocycles. The van der Waals surface area contributed by atoms with Crippen molar-refractivity contribution < 1.29 is 0 Å². The first kappa shape index (κ1) is 8.51. The van der Waals surface area contributed by atoms with Crippen molar-refractivity contribution in [1.82, 2.24) is 9.55 Å². The molecular weight excluding hydrogens is 228 g/mol. The van der Waals surface area contributed by atoms with Crippen LogP contribution in [0.5, 0.6) is 0 Å². The highest BCUT2D eigenvalue weighted by Crippen LogP contribution is 2.17. The molecule has 0 saturated carbocycles. The predicted octanol–water partition coefficient (Wildman–Crippen LogP) is 2.94. The Balaban J connectivity index is 2.53. The van der Waals surface area contributed by atoms with Crippen molar-refractivity contribution in [3.63, 3.8) is 0 Å². The molecule has 13 heavy (non-hydrogen) atoms. The van der Waals surface area contributed by atoms with Gasteiger partial charge in [-0.1, -0.05) is 15.9 Å². The van der Waals surface area contributed by atoms with Crippen molar-refractivity contribution in [3.05, 3.63) is 47.0 Å². The highest BCUT2D eigenvalue weighted by atomic mass is 79.9. The summed E-state index contributed by atoms with van der Waals surface area (Å²) in [6.45, 7) is 2.07. The second-order valence-corrected chi connectivity index (χ2v) is 3.87. The lowest BCUT2D eigenvalue weighted by Crippen LogP contribution is -1.90. The minimum Gasteiger partial charge on any atom is -0.306 e. The molecule has 1 heterocycles. The van der Waals surface area contributed by atoms with Gasteiger partial charge >= 0.3 is 0 Å². The third-order valence-corrected chi connectivity index (χ3v) is 2.29. The Kier molecular flexibility index (Phi) is 2.19. The molecule has 66 valence electrons. The molecular formula is C10H9BrN2. The van der Waals surface area contributed by atoms with Crippen LogP contribution in [0.25, 0.3) is 5.69 Å². The molecule has 0 unspecified atom stereocenters. The summed E-state index contributed by atoms with van der Waals surface area (Å²) < 4.78 is 3.08. The Bertz CT molecular complexity index is 387. The highest BCUT2D eigenvalue weighted by molar-refractivity contribution is 9.10. The van der Waals surface area contributed by atoms with Crippen molar-refractivity contribution in [1.29, 1.82) is 0 Å². The van der Waals surface area contributed by atoms with E-state index in [1.165, 1.54) is 5.56 Å². The molecule has 0 fully saturated rings. The molecule has 3 heteroatoms. The molecule has 0 aliphatic rings. The van der Waals surface area contributed by atoms with Crippen LogP contribution in [0.4, 0.5) is 0 Å². The van der Waals surface area contributed by atoms with Gasteiger partial charge in [-0.2, -0.15) is 0 Å². The first-order valence-electron chi connectivity index (χ1n) is 4.01. The number of rotatable bonds is 1.